The van der Waals surface area contributed by atoms with Crippen LogP contribution in [0.5, 0.6) is 5.75 Å². The lowest BCUT2D eigenvalue weighted by molar-refractivity contribution is -0.131. The van der Waals surface area contributed by atoms with Crippen LogP contribution in [0.4, 0.5) is 5.82 Å². The number of nitrogens with zero attached hydrogens (tertiary/aromatic N) is 4. The van der Waals surface area contributed by atoms with E-state index in [2.05, 4.69) is 39.6 Å². The first-order valence-electron chi connectivity index (χ1n) is 11.8. The number of aromatic nitrogens is 3. The van der Waals surface area contributed by atoms with Crippen LogP contribution in [0.25, 0.3) is 11.0 Å². The number of piperidine rings is 1. The molecule has 2 aromatic heterocycles. The molecule has 2 N–H and O–H groups in total. The summed E-state index contributed by atoms with van der Waals surface area (Å²) in [5, 5.41) is 12.2. The number of aromatic amines is 1. The minimum Gasteiger partial charge on any atom is -0.497 e. The average molecular weight is 449 g/mol. The molecule has 1 atom stereocenters. The maximum Gasteiger partial charge on any atom is 0.227 e. The van der Waals surface area contributed by atoms with Crippen LogP contribution in [-0.2, 0) is 11.2 Å². The van der Waals surface area contributed by atoms with Gasteiger partial charge in [-0.1, -0.05) is 12.1 Å². The van der Waals surface area contributed by atoms with Crippen molar-refractivity contribution < 1.29 is 9.53 Å². The summed E-state index contributed by atoms with van der Waals surface area (Å²) in [4.78, 5) is 22.3. The lowest BCUT2D eigenvalue weighted by Gasteiger charge is -2.29. The molecule has 33 heavy (non-hydrogen) atoms. The second kappa shape index (κ2) is 9.39. The molecular formula is C25H32N6O2. The first kappa shape index (κ1) is 21.7. The van der Waals surface area contributed by atoms with E-state index in [4.69, 9.17) is 9.72 Å². The third kappa shape index (κ3) is 4.66. The Morgan fingerprint density at radius 1 is 1.18 bits per heavy atom. The summed E-state index contributed by atoms with van der Waals surface area (Å²) < 4.78 is 5.30. The van der Waals surface area contributed by atoms with Gasteiger partial charge in [-0.3, -0.25) is 9.89 Å². The molecule has 1 aromatic carbocycles. The predicted molar refractivity (Wildman–Crippen MR) is 128 cm³/mol. The highest BCUT2D eigenvalue weighted by molar-refractivity contribution is 5.87. The molecule has 2 saturated heterocycles. The van der Waals surface area contributed by atoms with E-state index in [0.29, 0.717) is 12.5 Å². The molecule has 0 saturated carbocycles. The Morgan fingerprint density at radius 3 is 2.85 bits per heavy atom. The number of hydrogen-bond acceptors (Lipinski definition) is 6. The van der Waals surface area contributed by atoms with Crippen molar-refractivity contribution in [1.82, 2.24) is 25.0 Å². The van der Waals surface area contributed by atoms with Gasteiger partial charge in [0, 0.05) is 12.6 Å². The Bertz CT molecular complexity index is 1120. The number of carbonyl (C=O) groups excluding carboxylic acids is 1. The zero-order valence-corrected chi connectivity index (χ0v) is 19.4. The quantitative estimate of drug-likeness (QED) is 0.601. The van der Waals surface area contributed by atoms with Gasteiger partial charge in [0.1, 0.15) is 5.75 Å². The highest BCUT2D eigenvalue weighted by Gasteiger charge is 2.31. The Balaban J connectivity index is 1.30. The zero-order valence-electron chi connectivity index (χ0n) is 19.4. The highest BCUT2D eigenvalue weighted by Crippen LogP contribution is 2.33. The summed E-state index contributed by atoms with van der Waals surface area (Å²) in [6.45, 7) is 2.96. The molecule has 0 bridgehead atoms. The molecule has 2 aliphatic heterocycles. The first-order valence-corrected chi connectivity index (χ1v) is 11.8. The monoisotopic (exact) mass is 448 g/mol. The lowest BCUT2D eigenvalue weighted by atomic mass is 10.1. The molecule has 3 aromatic rings. The molecule has 8 heteroatoms. The van der Waals surface area contributed by atoms with Crippen LogP contribution in [0.1, 0.15) is 43.0 Å². The fraction of sp³-hybridized carbons (Fsp3) is 0.480. The molecule has 0 aliphatic carbocycles. The number of pyridine rings is 1. The number of rotatable bonds is 6. The van der Waals surface area contributed by atoms with E-state index in [-0.39, 0.29) is 11.9 Å². The van der Waals surface area contributed by atoms with Crippen LogP contribution in [0, 0.1) is 0 Å². The zero-order chi connectivity index (χ0) is 22.8. The molecule has 2 aliphatic rings. The van der Waals surface area contributed by atoms with Crippen molar-refractivity contribution in [3.05, 3.63) is 47.7 Å². The second-order valence-electron chi connectivity index (χ2n) is 9.20. The molecule has 1 unspecified atom stereocenters. The number of amides is 1. The van der Waals surface area contributed by atoms with Gasteiger partial charge in [-0.05, 0) is 75.6 Å². The van der Waals surface area contributed by atoms with E-state index in [9.17, 15) is 4.79 Å². The minimum absolute atomic E-state index is 0.00102. The summed E-state index contributed by atoms with van der Waals surface area (Å²) in [7, 11) is 3.81. The van der Waals surface area contributed by atoms with Gasteiger partial charge in [-0.25, -0.2) is 4.98 Å². The number of methoxy groups -OCH3 is 1. The normalized spacial score (nSPS) is 19.8. The average Bonchev–Trinajstić information content (AvgIpc) is 3.48. The van der Waals surface area contributed by atoms with E-state index in [1.807, 2.05) is 29.2 Å². The first-order chi connectivity index (χ1) is 16.1. The number of carbonyl (C=O) groups is 1. The van der Waals surface area contributed by atoms with Gasteiger partial charge in [-0.2, -0.15) is 5.10 Å². The van der Waals surface area contributed by atoms with Crippen molar-refractivity contribution in [2.24, 2.45) is 0 Å². The van der Waals surface area contributed by atoms with Crippen molar-refractivity contribution in [3.8, 4) is 5.75 Å². The number of benzene rings is 1. The predicted octanol–water partition coefficient (Wildman–Crippen LogP) is 3.38. The van der Waals surface area contributed by atoms with Crippen molar-refractivity contribution >= 4 is 22.8 Å². The molecule has 1 amide bonds. The summed E-state index contributed by atoms with van der Waals surface area (Å²) in [5.41, 5.74) is 2.66. The van der Waals surface area contributed by atoms with Gasteiger partial charge in [0.2, 0.25) is 5.91 Å². The minimum atomic E-state index is 0.00102. The van der Waals surface area contributed by atoms with Gasteiger partial charge in [0.05, 0.1) is 30.7 Å². The SMILES string of the molecule is COc1cccc(CC(=O)N2CCCC2c2ccc3c(NC4CCN(C)CC4)n[nH]c3n2)c1. The number of H-pyrrole nitrogens is 1. The number of ether oxygens (including phenoxy) is 1. The Hall–Kier alpha value is -3.13. The molecular weight excluding hydrogens is 416 g/mol. The van der Waals surface area contributed by atoms with E-state index in [1.165, 1.54) is 0 Å². The third-order valence-corrected chi connectivity index (χ3v) is 6.91. The summed E-state index contributed by atoms with van der Waals surface area (Å²) in [6, 6.07) is 12.3. The molecule has 0 radical (unpaired) electrons. The highest BCUT2D eigenvalue weighted by atomic mass is 16.5. The maximum absolute atomic E-state index is 13.1. The Kier molecular flexibility index (Phi) is 6.17. The van der Waals surface area contributed by atoms with E-state index < -0.39 is 0 Å². The topological polar surface area (TPSA) is 86.4 Å². The Morgan fingerprint density at radius 2 is 2.03 bits per heavy atom. The summed E-state index contributed by atoms with van der Waals surface area (Å²) in [5.74, 6) is 1.77. The van der Waals surface area contributed by atoms with Crippen LogP contribution < -0.4 is 10.1 Å². The van der Waals surface area contributed by atoms with Gasteiger partial charge in [0.25, 0.3) is 0 Å². The molecule has 174 valence electrons. The molecule has 4 heterocycles. The van der Waals surface area contributed by atoms with E-state index >= 15 is 0 Å². The van der Waals surface area contributed by atoms with Gasteiger partial charge in [0.15, 0.2) is 11.5 Å². The third-order valence-electron chi connectivity index (χ3n) is 6.91. The van der Waals surface area contributed by atoms with Crippen LogP contribution in [0.3, 0.4) is 0 Å². The fourth-order valence-corrected chi connectivity index (χ4v) is 4.99. The molecule has 2 fully saturated rings. The largest absolute Gasteiger partial charge is 0.497 e. The van der Waals surface area contributed by atoms with E-state index in [1.54, 1.807) is 7.11 Å². The fourth-order valence-electron chi connectivity index (χ4n) is 4.99. The van der Waals surface area contributed by atoms with Crippen molar-refractivity contribution in [2.45, 2.75) is 44.2 Å². The van der Waals surface area contributed by atoms with Crippen molar-refractivity contribution in [2.75, 3.05) is 39.1 Å². The number of fused-ring (bicyclic) bond motifs is 1. The van der Waals surface area contributed by atoms with Crippen LogP contribution in [-0.4, -0.2) is 70.7 Å². The molecule has 8 nitrogen and oxygen atoms in total. The van der Waals surface area contributed by atoms with Gasteiger partial charge < -0.3 is 19.9 Å². The Labute approximate surface area is 194 Å². The summed E-state index contributed by atoms with van der Waals surface area (Å²) >= 11 is 0. The molecule has 0 spiro atoms. The number of nitrogens with one attached hydrogen (secondary N) is 2. The maximum atomic E-state index is 13.1. The van der Waals surface area contributed by atoms with Crippen LogP contribution in [0.15, 0.2) is 36.4 Å². The second-order valence-corrected chi connectivity index (χ2v) is 9.20. The van der Waals surface area contributed by atoms with Crippen LogP contribution in [0.2, 0.25) is 0 Å². The number of anilines is 1. The smallest absolute Gasteiger partial charge is 0.227 e. The summed E-state index contributed by atoms with van der Waals surface area (Å²) in [6.07, 6.45) is 4.51. The van der Waals surface area contributed by atoms with Crippen molar-refractivity contribution in [3.63, 3.8) is 0 Å². The number of likely N-dealkylation sites (tertiary alicyclic amines) is 2. The van der Waals surface area contributed by atoms with Crippen molar-refractivity contribution in [1.29, 1.82) is 0 Å². The van der Waals surface area contributed by atoms with Gasteiger partial charge >= 0.3 is 0 Å². The molecule has 5 rings (SSSR count). The lowest BCUT2D eigenvalue weighted by Crippen LogP contribution is -2.36. The van der Waals surface area contributed by atoms with E-state index in [0.717, 1.165) is 79.2 Å². The number of hydrogen-bond donors (Lipinski definition) is 2. The van der Waals surface area contributed by atoms with Gasteiger partial charge in [-0.15, -0.1) is 0 Å². The standard InChI is InChI=1S/C25H32N6O2/c1-30-13-10-18(11-14-30)26-24-20-8-9-21(27-25(20)29-28-24)22-7-4-12-31(22)23(32)16-17-5-3-6-19(15-17)33-2/h3,5-6,8-9,15,18,22H,4,7,10-14,16H2,1-2H3,(H2,26,27,28,29). The van der Waals surface area contributed by atoms with Crippen LogP contribution >= 0.6 is 0 Å².